The third kappa shape index (κ3) is 1.42. The lowest BCUT2D eigenvalue weighted by Gasteiger charge is -2.34. The molecule has 0 heterocycles. The zero-order valence-corrected chi connectivity index (χ0v) is 8.60. The van der Waals surface area contributed by atoms with Gasteiger partial charge in [0.2, 0.25) is 0 Å². The van der Waals surface area contributed by atoms with Gasteiger partial charge in [-0.2, -0.15) is 0 Å². The quantitative estimate of drug-likeness (QED) is 0.638. The molecule has 0 radical (unpaired) electrons. The first-order chi connectivity index (χ1) is 5.37. The fraction of sp³-hybridized carbons (Fsp3) is 0.727. The average Bonchev–Trinajstić information content (AvgIpc) is 2.65. The molecule has 0 bridgehead atoms. The lowest BCUT2D eigenvalue weighted by atomic mass is 9.70. The van der Waals surface area contributed by atoms with Crippen molar-refractivity contribution in [1.29, 1.82) is 0 Å². The van der Waals surface area contributed by atoms with Crippen LogP contribution in [0, 0.1) is 17.3 Å². The Bertz CT molecular complexity index is 252. The second-order valence-corrected chi connectivity index (χ2v) is 4.59. The highest BCUT2D eigenvalue weighted by molar-refractivity contribution is 5.40. The molecule has 0 saturated carbocycles. The monoisotopic (exact) mass is 166 g/mol. The molecule has 1 rings (SSSR count). The summed E-state index contributed by atoms with van der Waals surface area (Å²) in [7, 11) is 0. The van der Waals surface area contributed by atoms with E-state index in [9.17, 15) is 0 Å². The second-order valence-electron chi connectivity index (χ2n) is 4.59. The number of hydrogen-bond donors (Lipinski definition) is 1. The van der Waals surface area contributed by atoms with Gasteiger partial charge >= 0.3 is 0 Å². The predicted molar refractivity (Wildman–Crippen MR) is 51.0 cm³/mol. The van der Waals surface area contributed by atoms with Crippen LogP contribution in [0.3, 0.4) is 0 Å². The summed E-state index contributed by atoms with van der Waals surface area (Å²) in [5.41, 5.74) is 4.15. The Morgan fingerprint density at radius 3 is 1.92 bits per heavy atom. The van der Waals surface area contributed by atoms with Crippen molar-refractivity contribution < 1.29 is 5.11 Å². The van der Waals surface area contributed by atoms with Crippen molar-refractivity contribution in [3.05, 3.63) is 17.1 Å². The highest BCUT2D eigenvalue weighted by atomic mass is 16.3. The van der Waals surface area contributed by atoms with Crippen molar-refractivity contribution in [3.63, 3.8) is 0 Å². The van der Waals surface area contributed by atoms with Crippen molar-refractivity contribution in [3.8, 4) is 0 Å². The summed E-state index contributed by atoms with van der Waals surface area (Å²) in [6.07, 6.45) is 0. The van der Waals surface area contributed by atoms with Crippen molar-refractivity contribution in [2.75, 3.05) is 0 Å². The van der Waals surface area contributed by atoms with Crippen LogP contribution in [0.4, 0.5) is 0 Å². The summed E-state index contributed by atoms with van der Waals surface area (Å²) in [4.78, 5) is 0. The van der Waals surface area contributed by atoms with E-state index < -0.39 is 0 Å². The SMILES string of the molecule is CC(C)C(C)(C)C(C)C1=C=C1O. The topological polar surface area (TPSA) is 20.2 Å². The normalized spacial score (nSPS) is 18.8. The van der Waals surface area contributed by atoms with Crippen LogP contribution in [0.25, 0.3) is 0 Å². The minimum atomic E-state index is 0.243. The summed E-state index contributed by atoms with van der Waals surface area (Å²) in [6.45, 7) is 11.1. The van der Waals surface area contributed by atoms with Crippen LogP contribution in [-0.4, -0.2) is 5.11 Å². The van der Waals surface area contributed by atoms with Crippen molar-refractivity contribution >= 4 is 0 Å². The van der Waals surface area contributed by atoms with E-state index in [0.717, 1.165) is 5.57 Å². The highest BCUT2D eigenvalue weighted by Gasteiger charge is 2.36. The summed E-state index contributed by atoms with van der Waals surface area (Å²) >= 11 is 0. The molecule has 0 aliphatic heterocycles. The zero-order valence-electron chi connectivity index (χ0n) is 8.60. The molecule has 0 aromatic carbocycles. The van der Waals surface area contributed by atoms with Gasteiger partial charge in [0.25, 0.3) is 0 Å². The van der Waals surface area contributed by atoms with Crippen LogP contribution in [-0.2, 0) is 0 Å². The fourth-order valence-electron chi connectivity index (χ4n) is 1.28. The van der Waals surface area contributed by atoms with Crippen LogP contribution in [0.5, 0.6) is 0 Å². The van der Waals surface area contributed by atoms with Crippen LogP contribution in [0.15, 0.2) is 17.1 Å². The summed E-state index contributed by atoms with van der Waals surface area (Å²) in [5.74, 6) is 1.42. The van der Waals surface area contributed by atoms with Gasteiger partial charge in [-0.1, -0.05) is 40.3 Å². The van der Waals surface area contributed by atoms with E-state index >= 15 is 0 Å². The van der Waals surface area contributed by atoms with Crippen LogP contribution in [0.2, 0.25) is 0 Å². The van der Waals surface area contributed by atoms with Crippen LogP contribution >= 0.6 is 0 Å². The lowest BCUT2D eigenvalue weighted by Crippen LogP contribution is -2.27. The van der Waals surface area contributed by atoms with E-state index in [1.54, 1.807) is 0 Å². The Hall–Kier alpha value is -0.680. The van der Waals surface area contributed by atoms with Gasteiger partial charge in [0.1, 0.15) is 0 Å². The summed E-state index contributed by atoms with van der Waals surface area (Å²) < 4.78 is 0. The van der Waals surface area contributed by atoms with Crippen LogP contribution < -0.4 is 0 Å². The first kappa shape index (κ1) is 9.41. The molecule has 1 N–H and O–H groups in total. The van der Waals surface area contributed by atoms with Crippen molar-refractivity contribution in [2.24, 2.45) is 17.3 Å². The molecular weight excluding hydrogens is 148 g/mol. The summed E-state index contributed by atoms with van der Waals surface area (Å²) in [5, 5.41) is 9.11. The van der Waals surface area contributed by atoms with Crippen LogP contribution in [0.1, 0.15) is 34.6 Å². The molecule has 0 aromatic heterocycles. The summed E-state index contributed by atoms with van der Waals surface area (Å²) in [6, 6.07) is 0. The molecule has 0 amide bonds. The van der Waals surface area contributed by atoms with E-state index in [1.165, 1.54) is 0 Å². The standard InChI is InChI=1S/C11H18O/c1-7(2)11(4,5)8(3)9-6-10(9)12/h7-8,12H,1-5H3. The predicted octanol–water partition coefficient (Wildman–Crippen LogP) is 3.29. The van der Waals surface area contributed by atoms with Gasteiger partial charge < -0.3 is 5.11 Å². The number of aliphatic hydroxyl groups is 1. The fourth-order valence-corrected chi connectivity index (χ4v) is 1.28. The largest absolute Gasteiger partial charge is 0.500 e. The molecule has 68 valence electrons. The van der Waals surface area contributed by atoms with Gasteiger partial charge in [0.05, 0.1) is 5.57 Å². The molecule has 1 heteroatoms. The Morgan fingerprint density at radius 2 is 1.67 bits per heavy atom. The molecule has 0 fully saturated rings. The maximum atomic E-state index is 9.11. The Morgan fingerprint density at radius 1 is 1.25 bits per heavy atom. The maximum absolute atomic E-state index is 9.11. The van der Waals surface area contributed by atoms with E-state index in [4.69, 9.17) is 5.11 Å². The average molecular weight is 166 g/mol. The smallest absolute Gasteiger partial charge is 0.171 e. The first-order valence-corrected chi connectivity index (χ1v) is 4.57. The molecule has 0 spiro atoms. The zero-order chi connectivity index (χ0) is 9.52. The third-order valence-electron chi connectivity index (χ3n) is 3.48. The Balaban J connectivity index is 2.64. The minimum absolute atomic E-state index is 0.243. The van der Waals surface area contributed by atoms with Gasteiger partial charge in [-0.15, -0.1) is 0 Å². The lowest BCUT2D eigenvalue weighted by molar-refractivity contribution is 0.177. The molecule has 0 aromatic rings. The maximum Gasteiger partial charge on any atom is 0.171 e. The van der Waals surface area contributed by atoms with Crippen molar-refractivity contribution in [2.45, 2.75) is 34.6 Å². The van der Waals surface area contributed by atoms with Crippen molar-refractivity contribution in [1.82, 2.24) is 0 Å². The molecular formula is C11H18O. The molecule has 12 heavy (non-hydrogen) atoms. The third-order valence-corrected chi connectivity index (χ3v) is 3.48. The van der Waals surface area contributed by atoms with Gasteiger partial charge in [-0.3, -0.25) is 0 Å². The number of rotatable bonds is 3. The van der Waals surface area contributed by atoms with Gasteiger partial charge in [-0.05, 0) is 17.3 Å². The minimum Gasteiger partial charge on any atom is -0.500 e. The van der Waals surface area contributed by atoms with E-state index in [-0.39, 0.29) is 5.41 Å². The van der Waals surface area contributed by atoms with Gasteiger partial charge in [0.15, 0.2) is 5.76 Å². The number of aliphatic hydroxyl groups excluding tert-OH is 1. The van der Waals surface area contributed by atoms with E-state index in [1.807, 2.05) is 0 Å². The van der Waals surface area contributed by atoms with Gasteiger partial charge in [-0.25, -0.2) is 0 Å². The Labute approximate surface area is 74.8 Å². The highest BCUT2D eigenvalue weighted by Crippen LogP contribution is 2.43. The molecule has 1 nitrogen and oxygen atoms in total. The van der Waals surface area contributed by atoms with E-state index in [0.29, 0.717) is 17.6 Å². The molecule has 1 aliphatic rings. The molecule has 1 atom stereocenters. The Kier molecular flexibility index (Phi) is 2.09. The molecule has 1 aliphatic carbocycles. The number of hydrogen-bond acceptors (Lipinski definition) is 1. The van der Waals surface area contributed by atoms with E-state index in [2.05, 4.69) is 40.3 Å². The first-order valence-electron chi connectivity index (χ1n) is 4.57. The molecule has 0 saturated heterocycles. The second kappa shape index (κ2) is 2.67. The van der Waals surface area contributed by atoms with Gasteiger partial charge in [0, 0.05) is 0 Å². The molecule has 1 unspecified atom stereocenters.